The molecule has 0 aromatic heterocycles. The molecule has 0 spiro atoms. The minimum atomic E-state index is -0.615. The third-order valence-electron chi connectivity index (χ3n) is 5.19. The van der Waals surface area contributed by atoms with Gasteiger partial charge in [-0.2, -0.15) is 0 Å². The van der Waals surface area contributed by atoms with Crippen molar-refractivity contribution < 1.29 is 23.8 Å². The van der Waals surface area contributed by atoms with Crippen LogP contribution in [0.4, 0.5) is 11.4 Å². The van der Waals surface area contributed by atoms with Gasteiger partial charge >= 0.3 is 5.97 Å². The Kier molecular flexibility index (Phi) is 8.74. The van der Waals surface area contributed by atoms with Gasteiger partial charge in [-0.3, -0.25) is 4.79 Å². The van der Waals surface area contributed by atoms with Crippen LogP contribution in [0.3, 0.4) is 0 Å². The van der Waals surface area contributed by atoms with Crippen molar-refractivity contribution in [1.82, 2.24) is 4.90 Å². The summed E-state index contributed by atoms with van der Waals surface area (Å²) in [4.78, 5) is 28.7. The standard InChI is InChI=1S/C24H31N3O5/c1-3-26-13-15-27(16-14-26)20-7-5-19(6-8-20)25-23(28)17-32-24(29)18-31-22-11-9-21(10-12-22)30-4-2/h5-12H,3-4,13-18H2,1-2H3,(H,25,28). The number of esters is 1. The molecule has 1 aliphatic rings. The molecule has 2 aromatic rings. The van der Waals surface area contributed by atoms with Crippen LogP contribution in [0.2, 0.25) is 0 Å². The average molecular weight is 442 g/mol. The lowest BCUT2D eigenvalue weighted by molar-refractivity contribution is -0.149. The van der Waals surface area contributed by atoms with E-state index in [1.165, 1.54) is 0 Å². The van der Waals surface area contributed by atoms with Crippen molar-refractivity contribution in [2.45, 2.75) is 13.8 Å². The van der Waals surface area contributed by atoms with Crippen molar-refractivity contribution in [3.63, 3.8) is 0 Å². The lowest BCUT2D eigenvalue weighted by Gasteiger charge is -2.35. The Morgan fingerprint density at radius 2 is 1.47 bits per heavy atom. The first-order chi connectivity index (χ1) is 15.6. The van der Waals surface area contributed by atoms with Gasteiger partial charge < -0.3 is 29.3 Å². The maximum atomic E-state index is 12.1. The van der Waals surface area contributed by atoms with Gasteiger partial charge in [0, 0.05) is 37.6 Å². The number of amides is 1. The Morgan fingerprint density at radius 3 is 2.06 bits per heavy atom. The third kappa shape index (κ3) is 7.16. The molecule has 0 radical (unpaired) electrons. The summed E-state index contributed by atoms with van der Waals surface area (Å²) < 4.78 is 15.7. The highest BCUT2D eigenvalue weighted by Crippen LogP contribution is 2.20. The molecular weight excluding hydrogens is 410 g/mol. The number of hydrogen-bond donors (Lipinski definition) is 1. The summed E-state index contributed by atoms with van der Waals surface area (Å²) in [7, 11) is 0. The first kappa shape index (κ1) is 23.4. The molecule has 1 fully saturated rings. The molecule has 0 aliphatic carbocycles. The first-order valence-electron chi connectivity index (χ1n) is 11.0. The maximum Gasteiger partial charge on any atom is 0.344 e. The molecule has 0 unspecified atom stereocenters. The number of nitrogens with one attached hydrogen (secondary N) is 1. The molecule has 32 heavy (non-hydrogen) atoms. The fourth-order valence-electron chi connectivity index (χ4n) is 3.40. The smallest absolute Gasteiger partial charge is 0.344 e. The Hall–Kier alpha value is -3.26. The number of hydrogen-bond acceptors (Lipinski definition) is 7. The Labute approximate surface area is 189 Å². The average Bonchev–Trinajstić information content (AvgIpc) is 2.83. The van der Waals surface area contributed by atoms with Crippen LogP contribution in [0, 0.1) is 0 Å². The summed E-state index contributed by atoms with van der Waals surface area (Å²) in [5, 5.41) is 2.74. The van der Waals surface area contributed by atoms with Crippen molar-refractivity contribution in [2.75, 3.05) is 62.8 Å². The minimum Gasteiger partial charge on any atom is -0.494 e. The van der Waals surface area contributed by atoms with Gasteiger partial charge in [-0.15, -0.1) is 0 Å². The van der Waals surface area contributed by atoms with E-state index < -0.39 is 11.9 Å². The van der Waals surface area contributed by atoms with E-state index in [1.54, 1.807) is 24.3 Å². The van der Waals surface area contributed by atoms with Crippen LogP contribution in [0.1, 0.15) is 13.8 Å². The number of likely N-dealkylation sites (N-methyl/N-ethyl adjacent to an activating group) is 1. The number of piperazine rings is 1. The number of benzene rings is 2. The predicted octanol–water partition coefficient (Wildman–Crippen LogP) is 2.79. The summed E-state index contributed by atoms with van der Waals surface area (Å²) in [5.41, 5.74) is 1.80. The molecule has 1 heterocycles. The number of nitrogens with zero attached hydrogens (tertiary/aromatic N) is 2. The van der Waals surface area contributed by atoms with Gasteiger partial charge in [0.2, 0.25) is 0 Å². The minimum absolute atomic E-state index is 0.277. The molecule has 1 saturated heterocycles. The zero-order valence-corrected chi connectivity index (χ0v) is 18.7. The van der Waals surface area contributed by atoms with Gasteiger partial charge in [0.25, 0.3) is 5.91 Å². The van der Waals surface area contributed by atoms with Gasteiger partial charge in [0.05, 0.1) is 6.61 Å². The second-order valence-corrected chi connectivity index (χ2v) is 7.37. The fraction of sp³-hybridized carbons (Fsp3) is 0.417. The Balaban J connectivity index is 1.36. The van der Waals surface area contributed by atoms with Crippen LogP contribution < -0.4 is 19.7 Å². The number of ether oxygens (including phenoxy) is 3. The number of carbonyl (C=O) groups is 2. The molecule has 8 nitrogen and oxygen atoms in total. The zero-order valence-electron chi connectivity index (χ0n) is 18.7. The molecule has 1 aliphatic heterocycles. The van der Waals surface area contributed by atoms with Gasteiger partial charge in [0.15, 0.2) is 13.2 Å². The molecule has 3 rings (SSSR count). The molecule has 1 N–H and O–H groups in total. The highest BCUT2D eigenvalue weighted by molar-refractivity contribution is 5.93. The van der Waals surface area contributed by atoms with Crippen LogP contribution in [0.25, 0.3) is 0 Å². The van der Waals surface area contributed by atoms with E-state index in [2.05, 4.69) is 22.0 Å². The molecule has 0 saturated carbocycles. The normalized spacial score (nSPS) is 14.0. The predicted molar refractivity (Wildman–Crippen MR) is 123 cm³/mol. The summed E-state index contributed by atoms with van der Waals surface area (Å²) >= 11 is 0. The summed E-state index contributed by atoms with van der Waals surface area (Å²) in [5.74, 6) is 0.233. The van der Waals surface area contributed by atoms with Crippen LogP contribution in [0.15, 0.2) is 48.5 Å². The van der Waals surface area contributed by atoms with E-state index in [9.17, 15) is 9.59 Å². The van der Waals surface area contributed by atoms with Crippen molar-refractivity contribution >= 4 is 23.3 Å². The summed E-state index contributed by atoms with van der Waals surface area (Å²) in [6.07, 6.45) is 0. The number of anilines is 2. The Bertz CT molecular complexity index is 862. The molecule has 1 amide bonds. The lowest BCUT2D eigenvalue weighted by atomic mass is 10.2. The summed E-state index contributed by atoms with van der Waals surface area (Å²) in [6, 6.07) is 14.6. The van der Waals surface area contributed by atoms with Crippen LogP contribution in [-0.4, -0.2) is 69.3 Å². The van der Waals surface area contributed by atoms with Gasteiger partial charge in [-0.25, -0.2) is 4.79 Å². The monoisotopic (exact) mass is 441 g/mol. The molecule has 0 atom stereocenters. The largest absolute Gasteiger partial charge is 0.494 e. The van der Waals surface area contributed by atoms with Gasteiger partial charge in [-0.1, -0.05) is 6.92 Å². The quantitative estimate of drug-likeness (QED) is 0.568. The highest BCUT2D eigenvalue weighted by Gasteiger charge is 2.16. The summed E-state index contributed by atoms with van der Waals surface area (Å²) in [6.45, 7) is 9.20. The molecule has 0 bridgehead atoms. The second kappa shape index (κ2) is 12.0. The molecule has 8 heteroatoms. The van der Waals surface area contributed by atoms with E-state index in [4.69, 9.17) is 14.2 Å². The SMILES string of the molecule is CCOc1ccc(OCC(=O)OCC(=O)Nc2ccc(N3CCN(CC)CC3)cc2)cc1. The zero-order chi connectivity index (χ0) is 22.8. The van der Waals surface area contributed by atoms with Crippen molar-refractivity contribution in [2.24, 2.45) is 0 Å². The molecule has 2 aromatic carbocycles. The topological polar surface area (TPSA) is 80.3 Å². The highest BCUT2D eigenvalue weighted by atomic mass is 16.6. The van der Waals surface area contributed by atoms with Crippen LogP contribution in [-0.2, 0) is 14.3 Å². The first-order valence-corrected chi connectivity index (χ1v) is 11.0. The van der Waals surface area contributed by atoms with E-state index in [-0.39, 0.29) is 13.2 Å². The second-order valence-electron chi connectivity index (χ2n) is 7.37. The van der Waals surface area contributed by atoms with E-state index in [0.29, 0.717) is 18.0 Å². The van der Waals surface area contributed by atoms with E-state index in [1.807, 2.05) is 31.2 Å². The molecule has 172 valence electrons. The van der Waals surface area contributed by atoms with Gasteiger partial charge in [0.1, 0.15) is 11.5 Å². The third-order valence-corrected chi connectivity index (χ3v) is 5.19. The van der Waals surface area contributed by atoms with E-state index >= 15 is 0 Å². The number of rotatable bonds is 10. The molecular formula is C24H31N3O5. The van der Waals surface area contributed by atoms with Gasteiger partial charge in [-0.05, 0) is 62.0 Å². The lowest BCUT2D eigenvalue weighted by Crippen LogP contribution is -2.46. The fourth-order valence-corrected chi connectivity index (χ4v) is 3.40. The van der Waals surface area contributed by atoms with Crippen LogP contribution >= 0.6 is 0 Å². The van der Waals surface area contributed by atoms with Crippen molar-refractivity contribution in [3.8, 4) is 11.5 Å². The van der Waals surface area contributed by atoms with Crippen molar-refractivity contribution in [1.29, 1.82) is 0 Å². The Morgan fingerprint density at radius 1 is 0.844 bits per heavy atom. The maximum absolute atomic E-state index is 12.1. The van der Waals surface area contributed by atoms with E-state index in [0.717, 1.165) is 44.2 Å². The van der Waals surface area contributed by atoms with Crippen LogP contribution in [0.5, 0.6) is 11.5 Å². The van der Waals surface area contributed by atoms with Crippen molar-refractivity contribution in [3.05, 3.63) is 48.5 Å². The number of carbonyl (C=O) groups excluding carboxylic acids is 2.